The monoisotopic (exact) mass is 259 g/mol. The molecule has 3 heteroatoms. The molecular weight excluding hydrogens is 242 g/mol. The normalized spacial score (nSPS) is 10.4. The zero-order chi connectivity index (χ0) is 13.1. The molecule has 0 spiro atoms. The van der Waals surface area contributed by atoms with E-state index in [0.717, 1.165) is 16.0 Å². The number of rotatable bonds is 3. The van der Waals surface area contributed by atoms with Crippen LogP contribution in [-0.2, 0) is 6.54 Å². The summed E-state index contributed by atoms with van der Waals surface area (Å²) in [7, 11) is 1.85. The predicted octanol–water partition coefficient (Wildman–Crippen LogP) is 3.64. The highest BCUT2D eigenvalue weighted by atomic mass is 32.1. The van der Waals surface area contributed by atoms with E-state index >= 15 is 0 Å². The molecule has 0 unspecified atom stereocenters. The Morgan fingerprint density at radius 1 is 1.22 bits per heavy atom. The maximum atomic E-state index is 12.3. The number of carbonyl (C=O) groups excluding carboxylic acids is 1. The van der Waals surface area contributed by atoms with Crippen LogP contribution in [0.2, 0.25) is 0 Å². The van der Waals surface area contributed by atoms with Gasteiger partial charge in [0.05, 0.1) is 5.56 Å². The van der Waals surface area contributed by atoms with Gasteiger partial charge in [-0.1, -0.05) is 30.3 Å². The molecule has 2 aromatic rings. The lowest BCUT2D eigenvalue weighted by Gasteiger charge is -2.17. The van der Waals surface area contributed by atoms with Crippen molar-refractivity contribution in [3.8, 4) is 0 Å². The summed E-state index contributed by atoms with van der Waals surface area (Å²) in [6, 6.07) is 12.0. The summed E-state index contributed by atoms with van der Waals surface area (Å²) in [6.07, 6.45) is 0. The minimum absolute atomic E-state index is 0.0979. The Morgan fingerprint density at radius 2 is 1.89 bits per heavy atom. The van der Waals surface area contributed by atoms with Crippen LogP contribution in [0.25, 0.3) is 0 Å². The SMILES string of the molecule is Cc1cc(C(=O)N(C)Cc2ccccc2)c(C)s1. The van der Waals surface area contributed by atoms with Crippen molar-refractivity contribution in [2.75, 3.05) is 7.05 Å². The van der Waals surface area contributed by atoms with Crippen LogP contribution in [0.5, 0.6) is 0 Å². The molecule has 0 atom stereocenters. The molecule has 2 nitrogen and oxygen atoms in total. The Bertz CT molecular complexity index is 545. The van der Waals surface area contributed by atoms with E-state index in [9.17, 15) is 4.79 Å². The Kier molecular flexibility index (Phi) is 3.82. The van der Waals surface area contributed by atoms with Gasteiger partial charge in [0, 0.05) is 23.3 Å². The number of benzene rings is 1. The lowest BCUT2D eigenvalue weighted by molar-refractivity contribution is 0.0785. The molecule has 1 aromatic carbocycles. The van der Waals surface area contributed by atoms with Crippen LogP contribution in [0.15, 0.2) is 36.4 Å². The minimum atomic E-state index is 0.0979. The van der Waals surface area contributed by atoms with Crippen molar-refractivity contribution in [1.82, 2.24) is 4.90 Å². The number of hydrogen-bond acceptors (Lipinski definition) is 2. The van der Waals surface area contributed by atoms with Gasteiger partial charge in [0.2, 0.25) is 0 Å². The van der Waals surface area contributed by atoms with Gasteiger partial charge in [-0.25, -0.2) is 0 Å². The molecule has 0 fully saturated rings. The largest absolute Gasteiger partial charge is 0.337 e. The average Bonchev–Trinajstić information content (AvgIpc) is 2.68. The van der Waals surface area contributed by atoms with Gasteiger partial charge in [0.25, 0.3) is 5.91 Å². The Balaban J connectivity index is 2.12. The quantitative estimate of drug-likeness (QED) is 0.824. The summed E-state index contributed by atoms with van der Waals surface area (Å²) in [5, 5.41) is 0. The standard InChI is InChI=1S/C15H17NOS/c1-11-9-14(12(2)18-11)15(17)16(3)10-13-7-5-4-6-8-13/h4-9H,10H2,1-3H3. The van der Waals surface area contributed by atoms with Gasteiger partial charge in [0.15, 0.2) is 0 Å². The van der Waals surface area contributed by atoms with Crippen LogP contribution < -0.4 is 0 Å². The van der Waals surface area contributed by atoms with Crippen molar-refractivity contribution >= 4 is 17.2 Å². The van der Waals surface area contributed by atoms with Crippen molar-refractivity contribution in [3.63, 3.8) is 0 Å². The van der Waals surface area contributed by atoms with Gasteiger partial charge in [-0.05, 0) is 25.5 Å². The van der Waals surface area contributed by atoms with E-state index in [-0.39, 0.29) is 5.91 Å². The van der Waals surface area contributed by atoms with E-state index in [4.69, 9.17) is 0 Å². The molecule has 1 aromatic heterocycles. The molecule has 2 rings (SSSR count). The highest BCUT2D eigenvalue weighted by Crippen LogP contribution is 2.22. The van der Waals surface area contributed by atoms with Crippen molar-refractivity contribution in [3.05, 3.63) is 57.3 Å². The lowest BCUT2D eigenvalue weighted by Crippen LogP contribution is -2.26. The molecule has 0 aliphatic carbocycles. The highest BCUT2D eigenvalue weighted by Gasteiger charge is 2.16. The number of nitrogens with zero attached hydrogens (tertiary/aromatic N) is 1. The van der Waals surface area contributed by atoms with E-state index in [2.05, 4.69) is 0 Å². The maximum Gasteiger partial charge on any atom is 0.255 e. The van der Waals surface area contributed by atoms with Crippen LogP contribution in [0.3, 0.4) is 0 Å². The van der Waals surface area contributed by atoms with Crippen LogP contribution in [0.4, 0.5) is 0 Å². The first-order chi connectivity index (χ1) is 8.58. The summed E-state index contributed by atoms with van der Waals surface area (Å²) >= 11 is 1.67. The van der Waals surface area contributed by atoms with Gasteiger partial charge in [-0.3, -0.25) is 4.79 Å². The molecule has 94 valence electrons. The molecule has 0 aliphatic heterocycles. The molecule has 0 saturated carbocycles. The Hall–Kier alpha value is -1.61. The van der Waals surface area contributed by atoms with Crippen LogP contribution in [0, 0.1) is 13.8 Å². The summed E-state index contributed by atoms with van der Waals surface area (Å²) < 4.78 is 0. The van der Waals surface area contributed by atoms with E-state index in [1.165, 1.54) is 4.88 Å². The van der Waals surface area contributed by atoms with E-state index in [1.807, 2.05) is 57.3 Å². The topological polar surface area (TPSA) is 20.3 Å². The molecule has 18 heavy (non-hydrogen) atoms. The predicted molar refractivity (Wildman–Crippen MR) is 76.0 cm³/mol. The van der Waals surface area contributed by atoms with Crippen LogP contribution in [-0.4, -0.2) is 17.9 Å². The third-order valence-electron chi connectivity index (χ3n) is 2.88. The molecular formula is C15H17NOS. The summed E-state index contributed by atoms with van der Waals surface area (Å²) in [5.74, 6) is 0.0979. The maximum absolute atomic E-state index is 12.3. The second kappa shape index (κ2) is 5.36. The van der Waals surface area contributed by atoms with E-state index in [0.29, 0.717) is 6.54 Å². The average molecular weight is 259 g/mol. The number of amides is 1. The minimum Gasteiger partial charge on any atom is -0.337 e. The van der Waals surface area contributed by atoms with Gasteiger partial charge < -0.3 is 4.90 Å². The first-order valence-electron chi connectivity index (χ1n) is 5.94. The van der Waals surface area contributed by atoms with Crippen molar-refractivity contribution < 1.29 is 4.79 Å². The first-order valence-corrected chi connectivity index (χ1v) is 6.76. The van der Waals surface area contributed by atoms with Gasteiger partial charge in [-0.15, -0.1) is 11.3 Å². The van der Waals surface area contributed by atoms with Crippen LogP contribution in [0.1, 0.15) is 25.7 Å². The molecule has 0 radical (unpaired) electrons. The molecule has 0 saturated heterocycles. The fourth-order valence-electron chi connectivity index (χ4n) is 1.98. The lowest BCUT2D eigenvalue weighted by atomic mass is 10.2. The van der Waals surface area contributed by atoms with Crippen molar-refractivity contribution in [2.45, 2.75) is 20.4 Å². The fraction of sp³-hybridized carbons (Fsp3) is 0.267. The molecule has 0 N–H and O–H groups in total. The van der Waals surface area contributed by atoms with Crippen molar-refractivity contribution in [2.24, 2.45) is 0 Å². The second-order valence-corrected chi connectivity index (χ2v) is 5.93. The first kappa shape index (κ1) is 12.8. The zero-order valence-corrected chi connectivity index (χ0v) is 11.8. The van der Waals surface area contributed by atoms with Gasteiger partial charge in [-0.2, -0.15) is 0 Å². The molecule has 0 bridgehead atoms. The van der Waals surface area contributed by atoms with E-state index < -0.39 is 0 Å². The van der Waals surface area contributed by atoms with Crippen LogP contribution >= 0.6 is 11.3 Å². The third kappa shape index (κ3) is 2.79. The Morgan fingerprint density at radius 3 is 2.44 bits per heavy atom. The fourth-order valence-corrected chi connectivity index (χ4v) is 2.89. The number of hydrogen-bond donors (Lipinski definition) is 0. The van der Waals surface area contributed by atoms with Gasteiger partial charge >= 0.3 is 0 Å². The zero-order valence-electron chi connectivity index (χ0n) is 10.9. The highest BCUT2D eigenvalue weighted by molar-refractivity contribution is 7.12. The van der Waals surface area contributed by atoms with Gasteiger partial charge in [0.1, 0.15) is 0 Å². The molecule has 1 amide bonds. The van der Waals surface area contributed by atoms with E-state index in [1.54, 1.807) is 16.2 Å². The number of carbonyl (C=O) groups is 1. The van der Waals surface area contributed by atoms with Crippen molar-refractivity contribution in [1.29, 1.82) is 0 Å². The third-order valence-corrected chi connectivity index (χ3v) is 3.85. The smallest absolute Gasteiger partial charge is 0.255 e. The number of thiophene rings is 1. The second-order valence-electron chi connectivity index (χ2n) is 4.47. The summed E-state index contributed by atoms with van der Waals surface area (Å²) in [6.45, 7) is 4.68. The number of aryl methyl sites for hydroxylation is 2. The summed E-state index contributed by atoms with van der Waals surface area (Å²) in [5.41, 5.74) is 1.98. The summed E-state index contributed by atoms with van der Waals surface area (Å²) in [4.78, 5) is 16.4. The molecule has 1 heterocycles. The molecule has 0 aliphatic rings. The Labute approximate surface area is 112 Å².